The van der Waals surface area contributed by atoms with Crippen molar-refractivity contribution in [1.82, 2.24) is 25.2 Å². The molecule has 25 heavy (non-hydrogen) atoms. The highest BCUT2D eigenvalue weighted by atomic mass is 16.1. The number of nitrogens with one attached hydrogen (secondary N) is 1. The summed E-state index contributed by atoms with van der Waals surface area (Å²) >= 11 is 0. The highest BCUT2D eigenvalue weighted by Crippen LogP contribution is 2.28. The molecule has 1 aromatic heterocycles. The molecule has 1 fully saturated rings. The van der Waals surface area contributed by atoms with Crippen LogP contribution in [0.4, 0.5) is 0 Å². The van der Waals surface area contributed by atoms with Gasteiger partial charge >= 0.3 is 0 Å². The summed E-state index contributed by atoms with van der Waals surface area (Å²) in [5.41, 5.74) is 3.31. The molecule has 0 radical (unpaired) electrons. The quantitative estimate of drug-likeness (QED) is 0.873. The van der Waals surface area contributed by atoms with Crippen molar-refractivity contribution in [2.24, 2.45) is 0 Å². The average Bonchev–Trinajstić information content (AvgIpc) is 3.00. The molecule has 1 aliphatic carbocycles. The fraction of sp³-hybridized carbons (Fsp3) is 0.526. The summed E-state index contributed by atoms with van der Waals surface area (Å²) in [7, 11) is 0. The van der Waals surface area contributed by atoms with Crippen molar-refractivity contribution in [3.8, 4) is 0 Å². The van der Waals surface area contributed by atoms with Crippen molar-refractivity contribution >= 4 is 5.91 Å². The van der Waals surface area contributed by atoms with E-state index in [4.69, 9.17) is 0 Å². The van der Waals surface area contributed by atoms with Crippen molar-refractivity contribution in [1.29, 1.82) is 0 Å². The van der Waals surface area contributed by atoms with E-state index in [1.807, 2.05) is 35.0 Å². The number of fused-ring (bicyclic) bond motifs is 1. The van der Waals surface area contributed by atoms with E-state index in [0.29, 0.717) is 19.4 Å². The standard InChI is InChI=1S/C19H25N5O/c25-19(20-13-15-5-2-1-3-6-15)10-9-17-18-14-23(16-7-4-8-16)11-12-24(18)22-21-17/h1-3,5-6,16H,4,7-14H2,(H,20,25). The smallest absolute Gasteiger partial charge is 0.220 e. The van der Waals surface area contributed by atoms with Crippen molar-refractivity contribution < 1.29 is 4.79 Å². The van der Waals surface area contributed by atoms with Crippen LogP contribution in [0.2, 0.25) is 0 Å². The molecule has 0 unspecified atom stereocenters. The van der Waals surface area contributed by atoms with Crippen LogP contribution in [0.1, 0.15) is 42.6 Å². The Bertz CT molecular complexity index is 723. The minimum Gasteiger partial charge on any atom is -0.352 e. The predicted molar refractivity (Wildman–Crippen MR) is 94.7 cm³/mol. The molecule has 1 saturated carbocycles. The monoisotopic (exact) mass is 339 g/mol. The molecule has 0 bridgehead atoms. The largest absolute Gasteiger partial charge is 0.352 e. The van der Waals surface area contributed by atoms with Gasteiger partial charge in [0, 0.05) is 38.5 Å². The third-order valence-electron chi connectivity index (χ3n) is 5.38. The predicted octanol–water partition coefficient (Wildman–Crippen LogP) is 1.90. The lowest BCUT2D eigenvalue weighted by Crippen LogP contribution is -2.44. The number of hydrogen-bond acceptors (Lipinski definition) is 4. The van der Waals surface area contributed by atoms with Gasteiger partial charge in [-0.1, -0.05) is 42.0 Å². The molecule has 2 aliphatic rings. The van der Waals surface area contributed by atoms with Gasteiger partial charge in [-0.05, 0) is 18.4 Å². The van der Waals surface area contributed by atoms with Crippen LogP contribution in [0.25, 0.3) is 0 Å². The van der Waals surface area contributed by atoms with Crippen LogP contribution in [0.5, 0.6) is 0 Å². The number of aromatic nitrogens is 3. The van der Waals surface area contributed by atoms with Crippen LogP contribution in [0, 0.1) is 0 Å². The minimum absolute atomic E-state index is 0.0669. The highest BCUT2D eigenvalue weighted by Gasteiger charge is 2.30. The molecule has 0 atom stereocenters. The maximum Gasteiger partial charge on any atom is 0.220 e. The molecular formula is C19H25N5O. The second-order valence-electron chi connectivity index (χ2n) is 7.02. The first kappa shape index (κ1) is 16.3. The molecule has 2 aromatic rings. The topological polar surface area (TPSA) is 63.1 Å². The Balaban J connectivity index is 1.30. The maximum atomic E-state index is 12.1. The lowest BCUT2D eigenvalue weighted by molar-refractivity contribution is -0.121. The number of rotatable bonds is 6. The number of benzene rings is 1. The Labute approximate surface area is 148 Å². The van der Waals surface area contributed by atoms with Gasteiger partial charge in [0.15, 0.2) is 0 Å². The molecule has 1 aromatic carbocycles. The molecule has 132 valence electrons. The van der Waals surface area contributed by atoms with Gasteiger partial charge in [0.1, 0.15) is 0 Å². The number of aryl methyl sites for hydroxylation is 1. The molecule has 4 rings (SSSR count). The summed E-state index contributed by atoms with van der Waals surface area (Å²) in [5.74, 6) is 0.0669. The Kier molecular flexibility index (Phi) is 4.78. The van der Waals surface area contributed by atoms with Crippen molar-refractivity contribution in [2.75, 3.05) is 6.54 Å². The van der Waals surface area contributed by atoms with Crippen molar-refractivity contribution in [3.05, 3.63) is 47.3 Å². The zero-order valence-electron chi connectivity index (χ0n) is 14.5. The van der Waals surface area contributed by atoms with Crippen LogP contribution < -0.4 is 5.32 Å². The number of carbonyl (C=O) groups is 1. The molecule has 6 nitrogen and oxygen atoms in total. The van der Waals surface area contributed by atoms with Gasteiger partial charge in [-0.25, -0.2) is 4.68 Å². The van der Waals surface area contributed by atoms with Gasteiger partial charge in [0.2, 0.25) is 5.91 Å². The van der Waals surface area contributed by atoms with Crippen molar-refractivity contribution in [3.63, 3.8) is 0 Å². The summed E-state index contributed by atoms with van der Waals surface area (Å²) < 4.78 is 2.02. The van der Waals surface area contributed by atoms with E-state index >= 15 is 0 Å². The van der Waals surface area contributed by atoms with Gasteiger partial charge in [-0.2, -0.15) is 0 Å². The van der Waals surface area contributed by atoms with Crippen LogP contribution in [-0.4, -0.2) is 38.4 Å². The number of carbonyl (C=O) groups excluding carboxylic acids is 1. The van der Waals surface area contributed by atoms with E-state index in [-0.39, 0.29) is 5.91 Å². The van der Waals surface area contributed by atoms with Gasteiger partial charge in [0.05, 0.1) is 17.9 Å². The summed E-state index contributed by atoms with van der Waals surface area (Å²) in [4.78, 5) is 14.7. The molecule has 6 heteroatoms. The van der Waals surface area contributed by atoms with Crippen molar-refractivity contribution in [2.45, 2.75) is 57.8 Å². The Morgan fingerprint density at radius 1 is 1.20 bits per heavy atom. The first-order valence-electron chi connectivity index (χ1n) is 9.25. The van der Waals surface area contributed by atoms with Crippen LogP contribution in [0.15, 0.2) is 30.3 Å². The second kappa shape index (κ2) is 7.35. The highest BCUT2D eigenvalue weighted by molar-refractivity contribution is 5.76. The fourth-order valence-corrected chi connectivity index (χ4v) is 3.59. The lowest BCUT2D eigenvalue weighted by Gasteiger charge is -2.39. The van der Waals surface area contributed by atoms with Crippen LogP contribution in [0.3, 0.4) is 0 Å². The fourth-order valence-electron chi connectivity index (χ4n) is 3.59. The molecule has 1 aliphatic heterocycles. The van der Waals surface area contributed by atoms with Crippen LogP contribution >= 0.6 is 0 Å². The number of hydrogen-bond donors (Lipinski definition) is 1. The number of nitrogens with zero attached hydrogens (tertiary/aromatic N) is 4. The molecule has 2 heterocycles. The molecular weight excluding hydrogens is 314 g/mol. The van der Waals surface area contributed by atoms with E-state index in [1.165, 1.54) is 25.0 Å². The summed E-state index contributed by atoms with van der Waals surface area (Å²) in [6, 6.07) is 10.7. The molecule has 1 amide bonds. The molecule has 0 spiro atoms. The molecule has 0 saturated heterocycles. The maximum absolute atomic E-state index is 12.1. The van der Waals surface area contributed by atoms with E-state index in [1.54, 1.807) is 0 Å². The SMILES string of the molecule is O=C(CCc1nnn2c1CN(C1CCC1)CC2)NCc1ccccc1. The summed E-state index contributed by atoms with van der Waals surface area (Å²) in [6.45, 7) is 3.49. The third kappa shape index (κ3) is 3.74. The Morgan fingerprint density at radius 3 is 2.80 bits per heavy atom. The second-order valence-corrected chi connectivity index (χ2v) is 7.02. The summed E-state index contributed by atoms with van der Waals surface area (Å²) in [6.07, 6.45) is 5.11. The Hall–Kier alpha value is -2.21. The van der Waals surface area contributed by atoms with E-state index in [2.05, 4.69) is 20.5 Å². The summed E-state index contributed by atoms with van der Waals surface area (Å²) in [5, 5.41) is 11.6. The third-order valence-corrected chi connectivity index (χ3v) is 5.38. The normalized spacial score (nSPS) is 17.8. The minimum atomic E-state index is 0.0669. The zero-order chi connectivity index (χ0) is 17.1. The van der Waals surface area contributed by atoms with Crippen LogP contribution in [-0.2, 0) is 30.8 Å². The average molecular weight is 339 g/mol. The number of amides is 1. The van der Waals surface area contributed by atoms with E-state index in [0.717, 1.165) is 36.9 Å². The van der Waals surface area contributed by atoms with E-state index in [9.17, 15) is 4.79 Å². The van der Waals surface area contributed by atoms with Gasteiger partial charge in [-0.15, -0.1) is 5.10 Å². The van der Waals surface area contributed by atoms with Gasteiger partial charge < -0.3 is 5.32 Å². The Morgan fingerprint density at radius 2 is 2.04 bits per heavy atom. The first-order valence-corrected chi connectivity index (χ1v) is 9.25. The first-order chi connectivity index (χ1) is 12.3. The zero-order valence-corrected chi connectivity index (χ0v) is 14.5. The van der Waals surface area contributed by atoms with Gasteiger partial charge in [-0.3, -0.25) is 9.69 Å². The lowest BCUT2D eigenvalue weighted by atomic mass is 9.91. The van der Waals surface area contributed by atoms with Gasteiger partial charge in [0.25, 0.3) is 0 Å². The van der Waals surface area contributed by atoms with E-state index < -0.39 is 0 Å². The molecule has 1 N–H and O–H groups in total.